The van der Waals surface area contributed by atoms with Crippen molar-refractivity contribution >= 4 is 20.7 Å². The SMILES string of the molecule is CC(C)c1ccc(-c2ccc(F)cc2)cc1.CS(=O)(=O)c1cc2ccccc2[nH]1. The highest BCUT2D eigenvalue weighted by Gasteiger charge is 2.09. The maximum Gasteiger partial charge on any atom is 0.190 e. The summed E-state index contributed by atoms with van der Waals surface area (Å²) in [7, 11) is -3.12. The lowest BCUT2D eigenvalue weighted by molar-refractivity contribution is 0.599. The fourth-order valence-corrected chi connectivity index (χ4v) is 3.59. The first-order valence-electron chi connectivity index (χ1n) is 9.38. The van der Waals surface area contributed by atoms with E-state index in [2.05, 4.69) is 43.1 Å². The first kappa shape index (κ1) is 20.8. The molecule has 1 aromatic heterocycles. The predicted molar refractivity (Wildman–Crippen MR) is 117 cm³/mol. The van der Waals surface area contributed by atoms with Crippen molar-refractivity contribution in [3.05, 3.63) is 90.2 Å². The molecular formula is C24H24FNO2S. The molecule has 0 aliphatic rings. The van der Waals surface area contributed by atoms with Gasteiger partial charge in [0, 0.05) is 17.2 Å². The van der Waals surface area contributed by atoms with E-state index in [4.69, 9.17) is 0 Å². The molecule has 5 heteroatoms. The molecule has 0 saturated carbocycles. The van der Waals surface area contributed by atoms with Crippen molar-refractivity contribution in [3.63, 3.8) is 0 Å². The molecule has 4 rings (SSSR count). The van der Waals surface area contributed by atoms with Crippen LogP contribution in [0.2, 0.25) is 0 Å². The van der Waals surface area contributed by atoms with Gasteiger partial charge in [-0.25, -0.2) is 12.8 Å². The van der Waals surface area contributed by atoms with Gasteiger partial charge >= 0.3 is 0 Å². The van der Waals surface area contributed by atoms with Crippen LogP contribution in [0.5, 0.6) is 0 Å². The number of hydrogen-bond acceptors (Lipinski definition) is 2. The van der Waals surface area contributed by atoms with Gasteiger partial charge in [0.2, 0.25) is 0 Å². The molecule has 0 bridgehead atoms. The summed E-state index contributed by atoms with van der Waals surface area (Å²) in [6.07, 6.45) is 1.19. The molecule has 4 aromatic rings. The van der Waals surface area contributed by atoms with Crippen molar-refractivity contribution in [2.75, 3.05) is 6.26 Å². The maximum atomic E-state index is 12.8. The quantitative estimate of drug-likeness (QED) is 0.439. The molecule has 0 aliphatic heterocycles. The van der Waals surface area contributed by atoms with E-state index in [1.807, 2.05) is 24.3 Å². The van der Waals surface area contributed by atoms with Gasteiger partial charge in [-0.05, 0) is 46.9 Å². The Balaban J connectivity index is 0.000000169. The second-order valence-corrected chi connectivity index (χ2v) is 9.26. The Morgan fingerprint density at radius 2 is 1.38 bits per heavy atom. The third-order valence-electron chi connectivity index (χ3n) is 4.66. The summed E-state index contributed by atoms with van der Waals surface area (Å²) in [6.45, 7) is 4.35. The van der Waals surface area contributed by atoms with Crippen LogP contribution >= 0.6 is 0 Å². The Morgan fingerprint density at radius 3 is 1.90 bits per heavy atom. The van der Waals surface area contributed by atoms with Gasteiger partial charge in [-0.3, -0.25) is 0 Å². The predicted octanol–water partition coefficient (Wildman–Crippen LogP) is 6.19. The van der Waals surface area contributed by atoms with Crippen LogP contribution in [0, 0.1) is 5.82 Å². The average Bonchev–Trinajstić information content (AvgIpc) is 3.14. The van der Waals surface area contributed by atoms with Gasteiger partial charge < -0.3 is 4.98 Å². The summed E-state index contributed by atoms with van der Waals surface area (Å²) in [5.41, 5.74) is 4.36. The summed E-state index contributed by atoms with van der Waals surface area (Å²) in [6, 6.07) is 24.1. The fraction of sp³-hybridized carbons (Fsp3) is 0.167. The van der Waals surface area contributed by atoms with Crippen molar-refractivity contribution < 1.29 is 12.8 Å². The van der Waals surface area contributed by atoms with Gasteiger partial charge in [0.15, 0.2) is 9.84 Å². The smallest absolute Gasteiger partial charge is 0.190 e. The minimum atomic E-state index is -3.12. The molecule has 29 heavy (non-hydrogen) atoms. The molecule has 0 aliphatic carbocycles. The molecule has 150 valence electrons. The number of fused-ring (bicyclic) bond motifs is 1. The molecule has 0 radical (unpaired) electrons. The Bertz CT molecular complexity index is 1160. The van der Waals surface area contributed by atoms with Gasteiger partial charge in [0.25, 0.3) is 0 Å². The number of aromatic nitrogens is 1. The molecule has 0 fully saturated rings. The highest BCUT2D eigenvalue weighted by atomic mass is 32.2. The lowest BCUT2D eigenvalue weighted by Crippen LogP contribution is -1.96. The van der Waals surface area contributed by atoms with E-state index < -0.39 is 9.84 Å². The van der Waals surface area contributed by atoms with Crippen LogP contribution < -0.4 is 0 Å². The van der Waals surface area contributed by atoms with Gasteiger partial charge in [0.05, 0.1) is 0 Å². The fourth-order valence-electron chi connectivity index (χ4n) is 2.95. The molecule has 0 spiro atoms. The van der Waals surface area contributed by atoms with E-state index in [1.54, 1.807) is 18.2 Å². The van der Waals surface area contributed by atoms with Crippen LogP contribution in [0.3, 0.4) is 0 Å². The van der Waals surface area contributed by atoms with Crippen LogP contribution in [0.4, 0.5) is 4.39 Å². The van der Waals surface area contributed by atoms with E-state index in [-0.39, 0.29) is 10.8 Å². The lowest BCUT2D eigenvalue weighted by atomic mass is 9.99. The molecular weight excluding hydrogens is 385 g/mol. The highest BCUT2D eigenvalue weighted by Crippen LogP contribution is 2.22. The topological polar surface area (TPSA) is 49.9 Å². The first-order chi connectivity index (χ1) is 13.7. The van der Waals surface area contributed by atoms with Crippen molar-refractivity contribution in [2.45, 2.75) is 24.8 Å². The standard InChI is InChI=1S/C15H15F.C9H9NO2S/c1-11(2)12-3-5-13(6-4-12)14-7-9-15(16)10-8-14;1-13(11,12)9-6-7-4-2-3-5-8(7)10-9/h3-11H,1-2H3;2-6,10H,1H3. The van der Waals surface area contributed by atoms with Gasteiger partial charge in [-0.1, -0.05) is 68.4 Å². The van der Waals surface area contributed by atoms with Crippen molar-refractivity contribution in [2.24, 2.45) is 0 Å². The van der Waals surface area contributed by atoms with Crippen LogP contribution in [0.1, 0.15) is 25.3 Å². The number of H-pyrrole nitrogens is 1. The third kappa shape index (κ3) is 5.33. The number of hydrogen-bond donors (Lipinski definition) is 1. The summed E-state index contributed by atoms with van der Waals surface area (Å²) in [4.78, 5) is 2.85. The number of sulfone groups is 1. The Morgan fingerprint density at radius 1 is 0.828 bits per heavy atom. The van der Waals surface area contributed by atoms with Crippen molar-refractivity contribution in [1.29, 1.82) is 0 Å². The summed E-state index contributed by atoms with van der Waals surface area (Å²) < 4.78 is 35.1. The van der Waals surface area contributed by atoms with Gasteiger partial charge in [0.1, 0.15) is 10.8 Å². The number of nitrogens with one attached hydrogen (secondary N) is 1. The monoisotopic (exact) mass is 409 g/mol. The molecule has 0 unspecified atom stereocenters. The minimum Gasteiger partial charge on any atom is -0.346 e. The van der Waals surface area contributed by atoms with Crippen LogP contribution in [0.25, 0.3) is 22.0 Å². The molecule has 0 atom stereocenters. The van der Waals surface area contributed by atoms with Crippen molar-refractivity contribution in [3.8, 4) is 11.1 Å². The zero-order valence-corrected chi connectivity index (χ0v) is 17.5. The maximum absolute atomic E-state index is 12.8. The summed E-state index contributed by atoms with van der Waals surface area (Å²) in [5.74, 6) is 0.352. The van der Waals surface area contributed by atoms with Gasteiger partial charge in [-0.2, -0.15) is 0 Å². The van der Waals surface area contributed by atoms with E-state index in [1.165, 1.54) is 24.0 Å². The number of benzene rings is 3. The van der Waals surface area contributed by atoms with E-state index in [9.17, 15) is 12.8 Å². The largest absolute Gasteiger partial charge is 0.346 e. The Kier molecular flexibility index (Phi) is 6.18. The van der Waals surface area contributed by atoms with Crippen LogP contribution in [0.15, 0.2) is 83.9 Å². The molecule has 3 nitrogen and oxygen atoms in total. The Hall–Kier alpha value is -2.92. The lowest BCUT2D eigenvalue weighted by Gasteiger charge is -2.07. The number of rotatable bonds is 3. The average molecular weight is 410 g/mol. The zero-order valence-electron chi connectivity index (χ0n) is 16.7. The zero-order chi connectivity index (χ0) is 21.0. The third-order valence-corrected chi connectivity index (χ3v) is 5.68. The Labute approximate surface area is 171 Å². The van der Waals surface area contributed by atoms with E-state index in [0.29, 0.717) is 5.92 Å². The van der Waals surface area contributed by atoms with E-state index in [0.717, 1.165) is 22.0 Å². The molecule has 3 aromatic carbocycles. The first-order valence-corrected chi connectivity index (χ1v) is 11.3. The number of aromatic amines is 1. The normalized spacial score (nSPS) is 11.3. The van der Waals surface area contributed by atoms with Gasteiger partial charge in [-0.15, -0.1) is 0 Å². The minimum absolute atomic E-state index is 0.192. The highest BCUT2D eigenvalue weighted by molar-refractivity contribution is 7.90. The second kappa shape index (κ2) is 8.62. The molecule has 1 heterocycles. The summed E-state index contributed by atoms with van der Waals surface area (Å²) >= 11 is 0. The molecule has 0 saturated heterocycles. The van der Waals surface area contributed by atoms with Crippen LogP contribution in [-0.2, 0) is 9.84 Å². The molecule has 0 amide bonds. The van der Waals surface area contributed by atoms with Crippen molar-refractivity contribution in [1.82, 2.24) is 4.98 Å². The van der Waals surface area contributed by atoms with Crippen LogP contribution in [-0.4, -0.2) is 19.7 Å². The number of halogens is 1. The summed E-state index contributed by atoms with van der Waals surface area (Å²) in [5, 5.41) is 1.19. The van der Waals surface area contributed by atoms with E-state index >= 15 is 0 Å². The second-order valence-electron chi connectivity index (χ2n) is 7.28. The number of para-hydroxylation sites is 1. The molecule has 1 N–H and O–H groups in total.